The van der Waals surface area contributed by atoms with Gasteiger partial charge >= 0.3 is 6.09 Å². The zero-order chi connectivity index (χ0) is 18.8. The number of carbonyl (C=O) groups excluding carboxylic acids is 3. The molecular weight excluding hydrogens is 320 g/mol. The Labute approximate surface area is 148 Å². The third-order valence-corrected chi connectivity index (χ3v) is 4.11. The van der Waals surface area contributed by atoms with Crippen molar-refractivity contribution >= 4 is 17.9 Å². The van der Waals surface area contributed by atoms with Crippen LogP contribution in [0.1, 0.15) is 46.6 Å². The van der Waals surface area contributed by atoms with E-state index < -0.39 is 29.7 Å². The lowest BCUT2D eigenvalue weighted by Gasteiger charge is -2.42. The lowest BCUT2D eigenvalue weighted by atomic mass is 10.0. The fourth-order valence-corrected chi connectivity index (χ4v) is 2.86. The number of piperazine rings is 1. The zero-order valence-corrected chi connectivity index (χ0v) is 15.5. The molecule has 1 aromatic carbocycles. The Morgan fingerprint density at radius 1 is 1.12 bits per heavy atom. The number of benzene rings is 1. The van der Waals surface area contributed by atoms with E-state index in [1.54, 1.807) is 34.6 Å². The minimum Gasteiger partial charge on any atom is -0.443 e. The number of nitrogens with zero attached hydrogens (tertiary/aromatic N) is 2. The first-order chi connectivity index (χ1) is 11.7. The summed E-state index contributed by atoms with van der Waals surface area (Å²) in [4.78, 5) is 40.7. The molecule has 0 N–H and O–H groups in total. The lowest BCUT2D eigenvalue weighted by molar-refractivity contribution is -0.160. The minimum absolute atomic E-state index is 0.232. The van der Waals surface area contributed by atoms with Crippen molar-refractivity contribution < 1.29 is 19.1 Å². The molecule has 2 rings (SSSR count). The number of hydrogen-bond acceptors (Lipinski definition) is 4. The van der Waals surface area contributed by atoms with E-state index in [1.165, 1.54) is 4.90 Å². The van der Waals surface area contributed by atoms with E-state index in [2.05, 4.69) is 0 Å². The van der Waals surface area contributed by atoms with Crippen LogP contribution >= 0.6 is 0 Å². The molecule has 1 heterocycles. The monoisotopic (exact) mass is 346 g/mol. The van der Waals surface area contributed by atoms with Crippen molar-refractivity contribution in [1.82, 2.24) is 9.80 Å². The van der Waals surface area contributed by atoms with Crippen LogP contribution < -0.4 is 0 Å². The molecule has 1 aliphatic heterocycles. The topological polar surface area (TPSA) is 66.9 Å². The highest BCUT2D eigenvalue weighted by Gasteiger charge is 2.47. The highest BCUT2D eigenvalue weighted by atomic mass is 16.6. The maximum atomic E-state index is 12.9. The Balaban J connectivity index is 2.27. The molecule has 0 bridgehead atoms. The van der Waals surface area contributed by atoms with Gasteiger partial charge in [-0.25, -0.2) is 9.69 Å². The standard InChI is InChI=1S/C19H26N2O4/c1-6-15-17(23)20(12-14-10-8-7-9-11-14)13(2)16(22)21(15)18(24)25-19(3,4)5/h7-11,13,15H,6,12H2,1-5H3/t13-,15-/m1/s1. The number of amides is 3. The molecule has 6 nitrogen and oxygen atoms in total. The average molecular weight is 346 g/mol. The maximum absolute atomic E-state index is 12.9. The number of carbonyl (C=O) groups is 3. The Bertz CT molecular complexity index is 651. The number of ether oxygens (including phenoxy) is 1. The normalized spacial score (nSPS) is 21.5. The van der Waals surface area contributed by atoms with Gasteiger partial charge in [0.2, 0.25) is 5.91 Å². The summed E-state index contributed by atoms with van der Waals surface area (Å²) in [5.41, 5.74) is 0.208. The van der Waals surface area contributed by atoms with Gasteiger partial charge in [-0.1, -0.05) is 37.3 Å². The molecule has 1 fully saturated rings. The molecule has 2 atom stereocenters. The van der Waals surface area contributed by atoms with Crippen molar-refractivity contribution in [3.8, 4) is 0 Å². The van der Waals surface area contributed by atoms with Crippen molar-refractivity contribution in [1.29, 1.82) is 0 Å². The lowest BCUT2D eigenvalue weighted by Crippen LogP contribution is -2.65. The van der Waals surface area contributed by atoms with Crippen LogP contribution in [0.25, 0.3) is 0 Å². The predicted molar refractivity (Wildman–Crippen MR) is 93.6 cm³/mol. The minimum atomic E-state index is -0.831. The molecule has 0 saturated carbocycles. The van der Waals surface area contributed by atoms with Crippen molar-refractivity contribution in [2.45, 2.75) is 65.3 Å². The Morgan fingerprint density at radius 3 is 2.24 bits per heavy atom. The van der Waals surface area contributed by atoms with Crippen LogP contribution in [-0.4, -0.2) is 45.4 Å². The second kappa shape index (κ2) is 7.25. The molecular formula is C19H26N2O4. The molecule has 1 saturated heterocycles. The molecule has 25 heavy (non-hydrogen) atoms. The van der Waals surface area contributed by atoms with E-state index in [0.717, 1.165) is 10.5 Å². The van der Waals surface area contributed by atoms with Crippen LogP contribution in [0.15, 0.2) is 30.3 Å². The SMILES string of the molecule is CC[C@@H]1C(=O)N(Cc2ccccc2)[C@H](C)C(=O)N1C(=O)OC(C)(C)C. The second-order valence-electron chi connectivity index (χ2n) is 7.24. The molecule has 0 aliphatic carbocycles. The van der Waals surface area contributed by atoms with Crippen molar-refractivity contribution in [2.24, 2.45) is 0 Å². The van der Waals surface area contributed by atoms with E-state index >= 15 is 0 Å². The molecule has 1 aromatic rings. The highest BCUT2D eigenvalue weighted by Crippen LogP contribution is 2.24. The van der Waals surface area contributed by atoms with Gasteiger partial charge in [-0.3, -0.25) is 9.59 Å². The van der Waals surface area contributed by atoms with E-state index in [1.807, 2.05) is 30.3 Å². The first kappa shape index (κ1) is 19.0. The highest BCUT2D eigenvalue weighted by molar-refractivity contribution is 6.04. The van der Waals surface area contributed by atoms with Gasteiger partial charge < -0.3 is 9.64 Å². The summed E-state index contributed by atoms with van der Waals surface area (Å²) >= 11 is 0. The molecule has 0 radical (unpaired) electrons. The van der Waals surface area contributed by atoms with E-state index in [0.29, 0.717) is 13.0 Å². The molecule has 0 unspecified atom stereocenters. The Kier molecular flexibility index (Phi) is 5.50. The van der Waals surface area contributed by atoms with Crippen molar-refractivity contribution in [3.05, 3.63) is 35.9 Å². The first-order valence-corrected chi connectivity index (χ1v) is 8.56. The van der Waals surface area contributed by atoms with Crippen LogP contribution in [0, 0.1) is 0 Å². The molecule has 6 heteroatoms. The van der Waals surface area contributed by atoms with E-state index in [9.17, 15) is 14.4 Å². The van der Waals surface area contributed by atoms with Crippen LogP contribution in [0.4, 0.5) is 4.79 Å². The fraction of sp³-hybridized carbons (Fsp3) is 0.526. The summed E-state index contributed by atoms with van der Waals surface area (Å²) in [6.07, 6.45) is -0.411. The molecule has 0 aromatic heterocycles. The van der Waals surface area contributed by atoms with E-state index in [-0.39, 0.29) is 5.91 Å². The third kappa shape index (κ3) is 4.18. The summed E-state index contributed by atoms with van der Waals surface area (Å²) in [5, 5.41) is 0. The average Bonchev–Trinajstić information content (AvgIpc) is 2.54. The predicted octanol–water partition coefficient (Wildman–Crippen LogP) is 2.96. The second-order valence-corrected chi connectivity index (χ2v) is 7.24. The van der Waals surface area contributed by atoms with Gasteiger partial charge in [-0.2, -0.15) is 0 Å². The summed E-state index contributed by atoms with van der Waals surface area (Å²) in [7, 11) is 0. The van der Waals surface area contributed by atoms with Gasteiger partial charge in [0.05, 0.1) is 0 Å². The van der Waals surface area contributed by atoms with Crippen molar-refractivity contribution in [3.63, 3.8) is 0 Å². The molecule has 1 aliphatic rings. The van der Waals surface area contributed by atoms with Crippen LogP contribution in [0.2, 0.25) is 0 Å². The zero-order valence-electron chi connectivity index (χ0n) is 15.5. The number of hydrogen-bond donors (Lipinski definition) is 0. The molecule has 136 valence electrons. The summed E-state index contributed by atoms with van der Waals surface area (Å²) in [6.45, 7) is 8.95. The number of imide groups is 1. The van der Waals surface area contributed by atoms with E-state index in [4.69, 9.17) is 4.74 Å². The van der Waals surface area contributed by atoms with Gasteiger partial charge in [-0.05, 0) is 39.7 Å². The Hall–Kier alpha value is -2.37. The largest absolute Gasteiger partial charge is 0.443 e. The van der Waals surface area contributed by atoms with Crippen LogP contribution in [0.5, 0.6) is 0 Å². The van der Waals surface area contributed by atoms with Gasteiger partial charge in [0.25, 0.3) is 5.91 Å². The number of rotatable bonds is 3. The van der Waals surface area contributed by atoms with Gasteiger partial charge in [-0.15, -0.1) is 0 Å². The smallest absolute Gasteiger partial charge is 0.417 e. The van der Waals surface area contributed by atoms with Crippen molar-refractivity contribution in [2.75, 3.05) is 0 Å². The van der Waals surface area contributed by atoms with Gasteiger partial charge in [0, 0.05) is 6.54 Å². The van der Waals surface area contributed by atoms with Crippen LogP contribution in [-0.2, 0) is 20.9 Å². The molecule has 0 spiro atoms. The first-order valence-electron chi connectivity index (χ1n) is 8.56. The third-order valence-electron chi connectivity index (χ3n) is 4.11. The summed E-state index contributed by atoms with van der Waals surface area (Å²) in [6, 6.07) is 7.94. The quantitative estimate of drug-likeness (QED) is 0.844. The summed E-state index contributed by atoms with van der Waals surface area (Å²) in [5.74, 6) is -0.638. The summed E-state index contributed by atoms with van der Waals surface area (Å²) < 4.78 is 5.33. The maximum Gasteiger partial charge on any atom is 0.417 e. The molecule has 3 amide bonds. The van der Waals surface area contributed by atoms with Gasteiger partial charge in [0.15, 0.2) is 0 Å². The van der Waals surface area contributed by atoms with Crippen LogP contribution in [0.3, 0.4) is 0 Å². The Morgan fingerprint density at radius 2 is 1.72 bits per heavy atom. The fourth-order valence-electron chi connectivity index (χ4n) is 2.86. The van der Waals surface area contributed by atoms with Gasteiger partial charge in [0.1, 0.15) is 17.7 Å².